The summed E-state index contributed by atoms with van der Waals surface area (Å²) in [5.74, 6) is 0. The fraction of sp³-hybridized carbons (Fsp3) is 0.250. The Bertz CT molecular complexity index is 1450. The number of halogens is 12. The zero-order valence-electron chi connectivity index (χ0n) is 19.1. The molecule has 0 spiro atoms. The summed E-state index contributed by atoms with van der Waals surface area (Å²) in [6.07, 6.45) is 0. The first-order valence-corrected chi connectivity index (χ1v) is 15.2. The molecule has 0 amide bonds. The lowest BCUT2D eigenvalue weighted by molar-refractivity contribution is -0.0474. The summed E-state index contributed by atoms with van der Waals surface area (Å²) in [6, 6.07) is 7.70. The quantitative estimate of drug-likeness (QED) is 0.402. The van der Waals surface area contributed by atoms with Crippen molar-refractivity contribution in [3.8, 4) is 0 Å². The average molecular weight is 715 g/mol. The van der Waals surface area contributed by atoms with Crippen molar-refractivity contribution >= 4 is 51.5 Å². The van der Waals surface area contributed by atoms with Crippen molar-refractivity contribution in [2.24, 2.45) is 0 Å². The maximum Gasteiger partial charge on any atom is 0.517 e. The molecule has 240 valence electrons. The molecule has 0 fully saturated rings. The predicted molar refractivity (Wildman–Crippen MR) is 118 cm³/mol. The highest BCUT2D eigenvalue weighted by Crippen LogP contribution is 2.39. The van der Waals surface area contributed by atoms with Gasteiger partial charge in [-0.05, 0) is 24.3 Å². The number of anilines is 2. The molecule has 0 aliphatic rings. The van der Waals surface area contributed by atoms with Crippen molar-refractivity contribution in [3.05, 3.63) is 60.7 Å². The molecule has 10 nitrogen and oxygen atoms in total. The van der Waals surface area contributed by atoms with Crippen LogP contribution in [0, 0.1) is 0 Å². The van der Waals surface area contributed by atoms with Gasteiger partial charge in [-0.2, -0.15) is 86.4 Å². The lowest BCUT2D eigenvalue weighted by Crippen LogP contribution is -2.49. The van der Waals surface area contributed by atoms with Crippen LogP contribution in [-0.4, -0.2) is 55.7 Å². The molecule has 0 heterocycles. The van der Waals surface area contributed by atoms with Gasteiger partial charge in [-0.15, -0.1) is 7.42 Å². The molecule has 0 aliphatic heterocycles. The van der Waals surface area contributed by atoms with Crippen LogP contribution in [0.2, 0.25) is 0 Å². The minimum absolute atomic E-state index is 0.479. The van der Waals surface area contributed by atoms with E-state index < -0.39 is 80.9 Å². The molecular weight excluding hydrogens is 704 g/mol. The van der Waals surface area contributed by atoms with Crippen LogP contribution in [-0.2, 0) is 40.1 Å². The molecule has 0 radical (unpaired) electrons. The third-order valence-corrected chi connectivity index (χ3v) is 11.3. The summed E-state index contributed by atoms with van der Waals surface area (Å²) in [4.78, 5) is 0. The second-order valence-corrected chi connectivity index (χ2v) is 14.4. The van der Waals surface area contributed by atoms with Gasteiger partial charge in [0.2, 0.25) is 0 Å². The summed E-state index contributed by atoms with van der Waals surface area (Å²) in [7, 11) is -27.2. The molecule has 2 aromatic rings. The monoisotopic (exact) mass is 714 g/mol. The zero-order valence-corrected chi connectivity index (χ0v) is 22.4. The highest BCUT2D eigenvalue weighted by molar-refractivity contribution is 8.11. The van der Waals surface area contributed by atoms with Gasteiger partial charge in [0.05, 0.1) is 11.4 Å². The van der Waals surface area contributed by atoms with Gasteiger partial charge in [0.1, 0.15) is 0 Å². The van der Waals surface area contributed by atoms with Crippen molar-refractivity contribution in [1.29, 1.82) is 0 Å². The lowest BCUT2D eigenvalue weighted by atomic mass is 10.3. The lowest BCUT2D eigenvalue weighted by Gasteiger charge is -2.25. The Morgan fingerprint density at radius 3 is 0.667 bits per heavy atom. The number of rotatable bonds is 6. The molecule has 2 aromatic carbocycles. The fourth-order valence-electron chi connectivity index (χ4n) is 2.29. The van der Waals surface area contributed by atoms with Crippen molar-refractivity contribution < 1.29 is 86.4 Å². The maximum absolute atomic E-state index is 12.4. The van der Waals surface area contributed by atoms with E-state index in [1.165, 1.54) is 0 Å². The number of hydrogen-bond donors (Lipinski definition) is 0. The van der Waals surface area contributed by atoms with Crippen LogP contribution in [0.15, 0.2) is 60.7 Å². The number of sulfonamides is 4. The van der Waals surface area contributed by atoms with Crippen LogP contribution in [0.1, 0.15) is 0 Å². The zero-order chi connectivity index (χ0) is 33.4. The van der Waals surface area contributed by atoms with E-state index in [0.717, 1.165) is 36.4 Å². The van der Waals surface area contributed by atoms with E-state index in [2.05, 4.69) is 0 Å². The molecule has 0 N–H and O–H groups in total. The summed E-state index contributed by atoms with van der Waals surface area (Å²) >= 11 is 0. The normalized spacial score (nSPS) is 14.0. The van der Waals surface area contributed by atoms with Crippen LogP contribution >= 0.6 is 0 Å². The van der Waals surface area contributed by atoms with Crippen LogP contribution in [0.3, 0.4) is 0 Å². The number of para-hydroxylation sites is 2. The predicted octanol–water partition coefficient (Wildman–Crippen LogP) is 4.38. The Kier molecular flexibility index (Phi) is 10.2. The topological polar surface area (TPSA) is 143 Å². The van der Waals surface area contributed by atoms with Crippen molar-refractivity contribution in [1.82, 2.24) is 0 Å². The molecule has 0 aliphatic carbocycles. The molecule has 26 heteroatoms. The maximum atomic E-state index is 12.4. The molecule has 2 rings (SSSR count). The van der Waals surface area contributed by atoms with E-state index in [0.29, 0.717) is 24.3 Å². The van der Waals surface area contributed by atoms with Gasteiger partial charge < -0.3 is 0 Å². The number of hydrogen-bond acceptors (Lipinski definition) is 8. The first-order valence-electron chi connectivity index (χ1n) is 9.42. The van der Waals surface area contributed by atoms with Crippen molar-refractivity contribution in [3.63, 3.8) is 0 Å². The summed E-state index contributed by atoms with van der Waals surface area (Å²) in [5, 5.41) is 0. The molecular formula is C16H10F12N2O8S4. The molecule has 0 aromatic heterocycles. The third-order valence-electron chi connectivity index (χ3n) is 3.98. The highest BCUT2D eigenvalue weighted by atomic mass is 32.3. The Morgan fingerprint density at radius 2 is 0.524 bits per heavy atom. The smallest absolute Gasteiger partial charge is 0.196 e. The SMILES string of the molecule is O=S(=O)(N(c1ccccc1)S(=O)(=O)C(F)(F)F)C(F)(F)F.O=S(=O)(N(c1ccccc1)S(=O)(=O)C(F)(F)F)C(F)(F)F. The minimum atomic E-state index is -6.81. The molecule has 0 saturated heterocycles. The first kappa shape index (κ1) is 37.0. The number of alkyl halides is 12. The van der Waals surface area contributed by atoms with E-state index in [9.17, 15) is 86.4 Å². The Balaban J connectivity index is 0.000000420. The van der Waals surface area contributed by atoms with Gasteiger partial charge in [0, 0.05) is 0 Å². The highest BCUT2D eigenvalue weighted by Gasteiger charge is 2.63. The number of nitrogens with zero attached hydrogens (tertiary/aromatic N) is 2. The van der Waals surface area contributed by atoms with Crippen LogP contribution in [0.5, 0.6) is 0 Å². The molecule has 0 bridgehead atoms. The van der Waals surface area contributed by atoms with Crippen LogP contribution < -0.4 is 7.42 Å². The minimum Gasteiger partial charge on any atom is -0.196 e. The van der Waals surface area contributed by atoms with Crippen molar-refractivity contribution in [2.45, 2.75) is 22.0 Å². The third kappa shape index (κ3) is 7.31. The fourth-order valence-corrected chi connectivity index (χ4v) is 7.72. The number of benzene rings is 2. The van der Waals surface area contributed by atoms with Gasteiger partial charge in [0.15, 0.2) is 0 Å². The van der Waals surface area contributed by atoms with Crippen LogP contribution in [0.25, 0.3) is 0 Å². The average Bonchev–Trinajstić information content (AvgIpc) is 2.77. The Morgan fingerprint density at radius 1 is 0.357 bits per heavy atom. The molecule has 42 heavy (non-hydrogen) atoms. The molecule has 0 atom stereocenters. The largest absolute Gasteiger partial charge is 0.517 e. The standard InChI is InChI=1S/2C8H5F6NO4S2/c2*9-7(10,11)20(16,17)15(6-4-2-1-3-5-6)21(18,19)8(12,13)14/h2*1-5H. The van der Waals surface area contributed by atoms with Gasteiger partial charge in [-0.3, -0.25) is 0 Å². The molecule has 0 unspecified atom stereocenters. The Labute approximate surface area is 228 Å². The van der Waals surface area contributed by atoms with E-state index >= 15 is 0 Å². The van der Waals surface area contributed by atoms with Gasteiger partial charge >= 0.3 is 62.1 Å². The van der Waals surface area contributed by atoms with E-state index in [1.807, 2.05) is 0 Å². The van der Waals surface area contributed by atoms with E-state index in [-0.39, 0.29) is 0 Å². The summed E-state index contributed by atoms with van der Waals surface area (Å²) in [5.41, 5.74) is -27.6. The van der Waals surface area contributed by atoms with Crippen molar-refractivity contribution in [2.75, 3.05) is 7.42 Å². The van der Waals surface area contributed by atoms with Crippen LogP contribution in [0.4, 0.5) is 64.1 Å². The van der Waals surface area contributed by atoms with Gasteiger partial charge in [0.25, 0.3) is 0 Å². The molecule has 0 saturated carbocycles. The summed E-state index contributed by atoms with van der Waals surface area (Å²) in [6.45, 7) is 0. The second kappa shape index (κ2) is 11.6. The first-order chi connectivity index (χ1) is 18.5. The van der Waals surface area contributed by atoms with E-state index in [4.69, 9.17) is 0 Å². The van der Waals surface area contributed by atoms with Gasteiger partial charge in [-0.1, -0.05) is 36.4 Å². The van der Waals surface area contributed by atoms with Gasteiger partial charge in [-0.25, -0.2) is 0 Å². The van der Waals surface area contributed by atoms with E-state index in [1.54, 1.807) is 0 Å². The summed E-state index contributed by atoms with van der Waals surface area (Å²) < 4.78 is 235. The second-order valence-electron chi connectivity index (χ2n) is 6.87. The Hall–Kier alpha value is -3.00.